The lowest BCUT2D eigenvalue weighted by Gasteiger charge is -2.16. The Morgan fingerprint density at radius 2 is 2.22 bits per heavy atom. The molecule has 0 aliphatic carbocycles. The number of imidazole rings is 1. The Labute approximate surface area is 115 Å². The first kappa shape index (κ1) is 13.5. The van der Waals surface area contributed by atoms with Crippen LogP contribution < -0.4 is 0 Å². The van der Waals surface area contributed by atoms with E-state index in [1.165, 1.54) is 0 Å². The van der Waals surface area contributed by atoms with Crippen molar-refractivity contribution in [2.75, 3.05) is 26.7 Å². The molecule has 0 atom stereocenters. The highest BCUT2D eigenvalue weighted by atomic mass is 79.9. The van der Waals surface area contributed by atoms with Crippen molar-refractivity contribution in [3.05, 3.63) is 22.6 Å². The summed E-state index contributed by atoms with van der Waals surface area (Å²) in [7, 11) is 2.00. The van der Waals surface area contributed by atoms with Crippen molar-refractivity contribution in [3.8, 4) is 0 Å². The second kappa shape index (κ2) is 5.77. The van der Waals surface area contributed by atoms with Crippen molar-refractivity contribution in [2.45, 2.75) is 13.5 Å². The normalized spacial score (nSPS) is 11.6. The Kier molecular flexibility index (Phi) is 4.31. The molecule has 2 rings (SSSR count). The molecule has 0 aromatic carbocycles. The summed E-state index contributed by atoms with van der Waals surface area (Å²) in [5.74, 6) is 0.966. The number of fused-ring (bicyclic) bond motifs is 1. The molecule has 0 aliphatic heterocycles. The summed E-state index contributed by atoms with van der Waals surface area (Å²) in [4.78, 5) is 10.8. The van der Waals surface area contributed by atoms with Gasteiger partial charge in [0.05, 0.1) is 12.1 Å². The molecule has 5 nitrogen and oxygen atoms in total. The standard InChI is InChI=1S/C12H17BrN4O/c1-9-15-12-11(7-10(13)8-14-12)17(9)4-3-16(2)5-6-18/h7-8,18H,3-6H2,1-2H3. The smallest absolute Gasteiger partial charge is 0.177 e. The number of hydrogen-bond donors (Lipinski definition) is 1. The number of halogens is 1. The number of likely N-dealkylation sites (N-methyl/N-ethyl adjacent to an activating group) is 1. The summed E-state index contributed by atoms with van der Waals surface area (Å²) in [6.45, 7) is 4.58. The summed E-state index contributed by atoms with van der Waals surface area (Å²) in [6, 6.07) is 2.04. The van der Waals surface area contributed by atoms with Crippen LogP contribution in [0.1, 0.15) is 5.82 Å². The molecule has 2 aromatic rings. The van der Waals surface area contributed by atoms with E-state index in [4.69, 9.17) is 5.11 Å². The number of aliphatic hydroxyl groups is 1. The summed E-state index contributed by atoms with van der Waals surface area (Å²) in [6.07, 6.45) is 1.76. The predicted octanol–water partition coefficient (Wildman–Crippen LogP) is 1.43. The van der Waals surface area contributed by atoms with Crippen LogP contribution in [-0.2, 0) is 6.54 Å². The summed E-state index contributed by atoms with van der Waals surface area (Å²) >= 11 is 3.43. The molecule has 1 N–H and O–H groups in total. The Morgan fingerprint density at radius 3 is 2.94 bits per heavy atom. The maximum absolute atomic E-state index is 8.88. The van der Waals surface area contributed by atoms with E-state index < -0.39 is 0 Å². The minimum atomic E-state index is 0.188. The molecule has 0 saturated carbocycles. The molecule has 0 aliphatic rings. The van der Waals surface area contributed by atoms with Gasteiger partial charge < -0.3 is 14.6 Å². The van der Waals surface area contributed by atoms with Gasteiger partial charge in [-0.25, -0.2) is 9.97 Å². The maximum Gasteiger partial charge on any atom is 0.177 e. The number of aromatic nitrogens is 3. The molecule has 0 amide bonds. The molecule has 0 saturated heterocycles. The number of aryl methyl sites for hydroxylation is 1. The fraction of sp³-hybridized carbons (Fsp3) is 0.500. The van der Waals surface area contributed by atoms with E-state index in [1.54, 1.807) is 6.20 Å². The van der Waals surface area contributed by atoms with E-state index in [0.717, 1.165) is 34.6 Å². The van der Waals surface area contributed by atoms with E-state index in [9.17, 15) is 0 Å². The monoisotopic (exact) mass is 312 g/mol. The molecule has 0 radical (unpaired) electrons. The number of aliphatic hydroxyl groups excluding tert-OH is 1. The zero-order valence-corrected chi connectivity index (χ0v) is 12.2. The van der Waals surface area contributed by atoms with Gasteiger partial charge in [-0.3, -0.25) is 0 Å². The first-order valence-electron chi connectivity index (χ1n) is 5.89. The molecule has 0 fully saturated rings. The van der Waals surface area contributed by atoms with Crippen molar-refractivity contribution in [3.63, 3.8) is 0 Å². The molecule has 0 unspecified atom stereocenters. The SMILES string of the molecule is Cc1nc2ncc(Br)cc2n1CCN(C)CCO. The summed E-state index contributed by atoms with van der Waals surface area (Å²) in [5.41, 5.74) is 1.82. The van der Waals surface area contributed by atoms with Crippen molar-refractivity contribution in [2.24, 2.45) is 0 Å². The minimum Gasteiger partial charge on any atom is -0.395 e. The topological polar surface area (TPSA) is 54.2 Å². The van der Waals surface area contributed by atoms with Gasteiger partial charge in [0.25, 0.3) is 0 Å². The molecule has 98 valence electrons. The Morgan fingerprint density at radius 1 is 1.44 bits per heavy atom. The predicted molar refractivity (Wildman–Crippen MR) is 74.5 cm³/mol. The van der Waals surface area contributed by atoms with Crippen LogP contribution in [0.3, 0.4) is 0 Å². The zero-order valence-electron chi connectivity index (χ0n) is 10.6. The molecular formula is C12H17BrN4O. The van der Waals surface area contributed by atoms with E-state index in [1.807, 2.05) is 20.0 Å². The van der Waals surface area contributed by atoms with Gasteiger partial charge in [0.1, 0.15) is 5.82 Å². The Balaban J connectivity index is 2.21. The van der Waals surface area contributed by atoms with Gasteiger partial charge in [0.2, 0.25) is 0 Å². The highest BCUT2D eigenvalue weighted by molar-refractivity contribution is 9.10. The molecular weight excluding hydrogens is 296 g/mol. The fourth-order valence-corrected chi connectivity index (χ4v) is 2.25. The van der Waals surface area contributed by atoms with E-state index in [2.05, 4.69) is 35.4 Å². The molecule has 2 heterocycles. The van der Waals surface area contributed by atoms with Gasteiger partial charge in [0.15, 0.2) is 5.65 Å². The Hall–Kier alpha value is -0.980. The lowest BCUT2D eigenvalue weighted by atomic mass is 10.4. The van der Waals surface area contributed by atoms with E-state index >= 15 is 0 Å². The van der Waals surface area contributed by atoms with Crippen LogP contribution in [0.15, 0.2) is 16.7 Å². The Bertz CT molecular complexity index is 540. The third-order valence-corrected chi connectivity index (χ3v) is 3.38. The first-order chi connectivity index (χ1) is 8.61. The second-order valence-corrected chi connectivity index (χ2v) is 5.25. The lowest BCUT2D eigenvalue weighted by molar-refractivity contribution is 0.217. The molecule has 2 aromatic heterocycles. The van der Waals surface area contributed by atoms with E-state index in [-0.39, 0.29) is 6.61 Å². The van der Waals surface area contributed by atoms with Gasteiger partial charge >= 0.3 is 0 Å². The van der Waals surface area contributed by atoms with Gasteiger partial charge in [-0.05, 0) is 36.0 Å². The average molecular weight is 313 g/mol. The number of rotatable bonds is 5. The van der Waals surface area contributed by atoms with Crippen LogP contribution in [0.5, 0.6) is 0 Å². The zero-order chi connectivity index (χ0) is 13.1. The number of hydrogen-bond acceptors (Lipinski definition) is 4. The quantitative estimate of drug-likeness (QED) is 0.907. The fourth-order valence-electron chi connectivity index (χ4n) is 1.93. The van der Waals surface area contributed by atoms with Crippen LogP contribution >= 0.6 is 15.9 Å². The van der Waals surface area contributed by atoms with Gasteiger partial charge in [-0.1, -0.05) is 0 Å². The van der Waals surface area contributed by atoms with Crippen LogP contribution in [0.4, 0.5) is 0 Å². The second-order valence-electron chi connectivity index (χ2n) is 4.33. The van der Waals surface area contributed by atoms with Crippen LogP contribution in [-0.4, -0.2) is 51.3 Å². The van der Waals surface area contributed by atoms with Crippen LogP contribution in [0.25, 0.3) is 11.2 Å². The van der Waals surface area contributed by atoms with Gasteiger partial charge in [-0.2, -0.15) is 0 Å². The van der Waals surface area contributed by atoms with E-state index in [0.29, 0.717) is 6.54 Å². The molecule has 18 heavy (non-hydrogen) atoms. The maximum atomic E-state index is 8.88. The van der Waals surface area contributed by atoms with Crippen molar-refractivity contribution in [1.82, 2.24) is 19.4 Å². The van der Waals surface area contributed by atoms with Crippen molar-refractivity contribution >= 4 is 27.1 Å². The number of pyridine rings is 1. The largest absolute Gasteiger partial charge is 0.395 e. The molecule has 0 bridgehead atoms. The highest BCUT2D eigenvalue weighted by Gasteiger charge is 2.09. The molecule has 6 heteroatoms. The van der Waals surface area contributed by atoms with Crippen molar-refractivity contribution < 1.29 is 5.11 Å². The third kappa shape index (κ3) is 2.88. The summed E-state index contributed by atoms with van der Waals surface area (Å²) in [5, 5.41) is 8.88. The minimum absolute atomic E-state index is 0.188. The van der Waals surface area contributed by atoms with Gasteiger partial charge in [-0.15, -0.1) is 0 Å². The highest BCUT2D eigenvalue weighted by Crippen LogP contribution is 2.18. The third-order valence-electron chi connectivity index (χ3n) is 2.95. The van der Waals surface area contributed by atoms with Crippen LogP contribution in [0.2, 0.25) is 0 Å². The average Bonchev–Trinajstić information content (AvgIpc) is 2.62. The van der Waals surface area contributed by atoms with Crippen molar-refractivity contribution in [1.29, 1.82) is 0 Å². The van der Waals surface area contributed by atoms with Gasteiger partial charge in [0, 0.05) is 30.3 Å². The lowest BCUT2D eigenvalue weighted by Crippen LogP contribution is -2.26. The summed E-state index contributed by atoms with van der Waals surface area (Å²) < 4.78 is 3.11. The van der Waals surface area contributed by atoms with Crippen LogP contribution in [0, 0.1) is 6.92 Å². The molecule has 0 spiro atoms. The first-order valence-corrected chi connectivity index (χ1v) is 6.69. The number of nitrogens with zero attached hydrogens (tertiary/aromatic N) is 4.